The largest absolute Gasteiger partial charge is 0.480 e. The summed E-state index contributed by atoms with van der Waals surface area (Å²) in [6.45, 7) is 4.92. The predicted octanol–water partition coefficient (Wildman–Crippen LogP) is -0.230. The highest BCUT2D eigenvalue weighted by Crippen LogP contribution is 2.11. The van der Waals surface area contributed by atoms with Gasteiger partial charge in [-0.2, -0.15) is 0 Å². The maximum atomic E-state index is 11.0. The molecule has 2 unspecified atom stereocenters. The zero-order valence-corrected chi connectivity index (χ0v) is 9.40. The molecule has 0 aromatic rings. The van der Waals surface area contributed by atoms with E-state index in [1.165, 1.54) is 0 Å². The van der Waals surface area contributed by atoms with Crippen LogP contribution in [0, 0.1) is 0 Å². The van der Waals surface area contributed by atoms with Crippen LogP contribution in [0.2, 0.25) is 0 Å². The van der Waals surface area contributed by atoms with E-state index in [4.69, 9.17) is 9.84 Å². The first kappa shape index (κ1) is 12.4. The van der Waals surface area contributed by atoms with E-state index >= 15 is 0 Å². The number of carbonyl (C=O) groups is 1. The van der Waals surface area contributed by atoms with Crippen molar-refractivity contribution >= 4 is 5.97 Å². The zero-order valence-electron chi connectivity index (χ0n) is 9.40. The Morgan fingerprint density at radius 2 is 2.47 bits per heavy atom. The molecule has 0 aromatic carbocycles. The molecule has 1 aliphatic heterocycles. The highest BCUT2D eigenvalue weighted by molar-refractivity contribution is 5.74. The monoisotopic (exact) mass is 216 g/mol. The first-order valence-corrected chi connectivity index (χ1v) is 5.35. The molecule has 88 valence electrons. The first-order valence-electron chi connectivity index (χ1n) is 5.35. The Balaban J connectivity index is 2.51. The molecule has 0 aliphatic carbocycles. The average Bonchev–Trinajstić information content (AvgIpc) is 2.25. The van der Waals surface area contributed by atoms with E-state index in [0.717, 1.165) is 19.5 Å². The molecule has 1 heterocycles. The number of nitrogens with one attached hydrogen (secondary N) is 1. The number of ether oxygens (including phenoxy) is 1. The predicted molar refractivity (Wildman–Crippen MR) is 57.0 cm³/mol. The summed E-state index contributed by atoms with van der Waals surface area (Å²) >= 11 is 0. The van der Waals surface area contributed by atoms with Gasteiger partial charge in [0.15, 0.2) is 0 Å². The van der Waals surface area contributed by atoms with Gasteiger partial charge in [-0.05, 0) is 13.3 Å². The van der Waals surface area contributed by atoms with E-state index in [1.807, 2.05) is 4.90 Å². The number of hydrogen-bond acceptors (Lipinski definition) is 4. The first-order chi connectivity index (χ1) is 7.16. The van der Waals surface area contributed by atoms with Crippen molar-refractivity contribution in [2.24, 2.45) is 0 Å². The SMILES string of the molecule is COCCC(C)N1CCNCC1C(=O)O. The van der Waals surface area contributed by atoms with Gasteiger partial charge < -0.3 is 15.2 Å². The maximum Gasteiger partial charge on any atom is 0.322 e. The molecule has 0 radical (unpaired) electrons. The number of hydrogen-bond donors (Lipinski definition) is 2. The van der Waals surface area contributed by atoms with Crippen LogP contribution < -0.4 is 5.32 Å². The summed E-state index contributed by atoms with van der Waals surface area (Å²) < 4.78 is 5.01. The third-order valence-electron chi connectivity index (χ3n) is 2.88. The van der Waals surface area contributed by atoms with Crippen molar-refractivity contribution < 1.29 is 14.6 Å². The van der Waals surface area contributed by atoms with Crippen LogP contribution in [-0.2, 0) is 9.53 Å². The molecule has 2 atom stereocenters. The quantitative estimate of drug-likeness (QED) is 0.664. The molecule has 5 heteroatoms. The Morgan fingerprint density at radius 1 is 1.73 bits per heavy atom. The van der Waals surface area contributed by atoms with E-state index < -0.39 is 12.0 Å². The molecule has 1 saturated heterocycles. The number of carboxylic acids is 1. The Hall–Kier alpha value is -0.650. The number of carboxylic acid groups (broad SMARTS) is 1. The summed E-state index contributed by atoms with van der Waals surface area (Å²) in [6.07, 6.45) is 0.875. The Bertz CT molecular complexity index is 211. The number of nitrogens with zero attached hydrogens (tertiary/aromatic N) is 1. The van der Waals surface area contributed by atoms with Gasteiger partial charge in [0.25, 0.3) is 0 Å². The molecule has 0 aromatic heterocycles. The van der Waals surface area contributed by atoms with Gasteiger partial charge in [-0.3, -0.25) is 9.69 Å². The molecule has 0 amide bonds. The van der Waals surface area contributed by atoms with Crippen molar-refractivity contribution in [3.8, 4) is 0 Å². The van der Waals surface area contributed by atoms with Crippen molar-refractivity contribution in [2.75, 3.05) is 33.4 Å². The standard InChI is InChI=1S/C10H20N2O3/c1-8(3-6-15-2)12-5-4-11-7-9(12)10(13)14/h8-9,11H,3-7H2,1-2H3,(H,13,14). The molecule has 2 N–H and O–H groups in total. The van der Waals surface area contributed by atoms with Gasteiger partial charge >= 0.3 is 5.97 Å². The second-order valence-electron chi connectivity index (χ2n) is 3.93. The van der Waals surface area contributed by atoms with Crippen LogP contribution in [0.3, 0.4) is 0 Å². The second kappa shape index (κ2) is 6.05. The lowest BCUT2D eigenvalue weighted by Crippen LogP contribution is -2.57. The summed E-state index contributed by atoms with van der Waals surface area (Å²) in [6, 6.07) is -0.140. The van der Waals surface area contributed by atoms with Crippen molar-refractivity contribution in [1.29, 1.82) is 0 Å². The molecule has 1 rings (SSSR count). The van der Waals surface area contributed by atoms with Crippen LogP contribution in [0.5, 0.6) is 0 Å². The molecule has 15 heavy (non-hydrogen) atoms. The average molecular weight is 216 g/mol. The fourth-order valence-electron chi connectivity index (χ4n) is 1.93. The van der Waals surface area contributed by atoms with Crippen LogP contribution in [-0.4, -0.2) is 61.4 Å². The minimum absolute atomic E-state index is 0.258. The molecular weight excluding hydrogens is 196 g/mol. The van der Waals surface area contributed by atoms with Crippen molar-refractivity contribution in [2.45, 2.75) is 25.4 Å². The zero-order chi connectivity index (χ0) is 11.3. The lowest BCUT2D eigenvalue weighted by molar-refractivity contribution is -0.145. The van der Waals surface area contributed by atoms with Crippen LogP contribution in [0.1, 0.15) is 13.3 Å². The van der Waals surface area contributed by atoms with Crippen LogP contribution in [0.15, 0.2) is 0 Å². The van der Waals surface area contributed by atoms with Crippen LogP contribution in [0.25, 0.3) is 0 Å². The topological polar surface area (TPSA) is 61.8 Å². The third kappa shape index (κ3) is 3.44. The Kier molecular flexibility index (Phi) is 5.01. The van der Waals surface area contributed by atoms with E-state index in [-0.39, 0.29) is 6.04 Å². The normalized spacial score (nSPS) is 25.1. The van der Waals surface area contributed by atoms with Crippen molar-refractivity contribution in [3.05, 3.63) is 0 Å². The number of aliphatic carboxylic acids is 1. The van der Waals surface area contributed by atoms with Crippen LogP contribution >= 0.6 is 0 Å². The molecule has 1 fully saturated rings. The fraction of sp³-hybridized carbons (Fsp3) is 0.900. The molecule has 1 aliphatic rings. The minimum Gasteiger partial charge on any atom is -0.480 e. The maximum absolute atomic E-state index is 11.0. The van der Waals surface area contributed by atoms with Gasteiger partial charge in [0.1, 0.15) is 6.04 Å². The molecule has 0 bridgehead atoms. The minimum atomic E-state index is -0.744. The van der Waals surface area contributed by atoms with E-state index in [1.54, 1.807) is 7.11 Å². The van der Waals surface area contributed by atoms with Gasteiger partial charge in [0, 0.05) is 39.4 Å². The van der Waals surface area contributed by atoms with Gasteiger partial charge in [-0.15, -0.1) is 0 Å². The van der Waals surface area contributed by atoms with Crippen molar-refractivity contribution in [3.63, 3.8) is 0 Å². The second-order valence-corrected chi connectivity index (χ2v) is 3.93. The Morgan fingerprint density at radius 3 is 3.07 bits per heavy atom. The summed E-state index contributed by atoms with van der Waals surface area (Å²) in [5.41, 5.74) is 0. The van der Waals surface area contributed by atoms with Crippen molar-refractivity contribution in [1.82, 2.24) is 10.2 Å². The highest BCUT2D eigenvalue weighted by Gasteiger charge is 2.31. The van der Waals surface area contributed by atoms with Gasteiger partial charge in [-0.25, -0.2) is 0 Å². The van der Waals surface area contributed by atoms with E-state index in [0.29, 0.717) is 13.2 Å². The molecule has 5 nitrogen and oxygen atoms in total. The number of methoxy groups -OCH3 is 1. The lowest BCUT2D eigenvalue weighted by Gasteiger charge is -2.37. The van der Waals surface area contributed by atoms with Gasteiger partial charge in [-0.1, -0.05) is 0 Å². The number of piperazine rings is 1. The Labute approximate surface area is 90.4 Å². The summed E-state index contributed by atoms with van der Waals surface area (Å²) in [4.78, 5) is 13.1. The highest BCUT2D eigenvalue weighted by atomic mass is 16.5. The van der Waals surface area contributed by atoms with E-state index in [9.17, 15) is 4.79 Å². The molecular formula is C10H20N2O3. The lowest BCUT2D eigenvalue weighted by atomic mass is 10.1. The molecule has 0 saturated carbocycles. The van der Waals surface area contributed by atoms with Gasteiger partial charge in [0.2, 0.25) is 0 Å². The fourth-order valence-corrected chi connectivity index (χ4v) is 1.93. The van der Waals surface area contributed by atoms with Gasteiger partial charge in [0.05, 0.1) is 0 Å². The smallest absolute Gasteiger partial charge is 0.322 e. The summed E-state index contributed by atoms with van der Waals surface area (Å²) in [7, 11) is 1.67. The summed E-state index contributed by atoms with van der Waals surface area (Å²) in [5, 5.41) is 12.2. The summed E-state index contributed by atoms with van der Waals surface area (Å²) in [5.74, 6) is -0.744. The van der Waals surface area contributed by atoms with Crippen LogP contribution in [0.4, 0.5) is 0 Å². The third-order valence-corrected chi connectivity index (χ3v) is 2.88. The number of rotatable bonds is 5. The molecule has 0 spiro atoms. The van der Waals surface area contributed by atoms with E-state index in [2.05, 4.69) is 12.2 Å².